The zero-order valence-corrected chi connectivity index (χ0v) is 18.5. The molecular formula is C22H18ClN5O3S. The molecule has 2 aromatic heterocycles. The van der Waals surface area contributed by atoms with E-state index in [0.29, 0.717) is 21.8 Å². The Bertz CT molecular complexity index is 1210. The van der Waals surface area contributed by atoms with Crippen molar-refractivity contribution < 1.29 is 13.9 Å². The monoisotopic (exact) mass is 467 g/mol. The number of benzene rings is 2. The lowest BCUT2D eigenvalue weighted by Crippen LogP contribution is -2.19. The number of aromatic nitrogens is 3. The molecule has 2 heterocycles. The topological polar surface area (TPSA) is 94.5 Å². The molecule has 0 aliphatic carbocycles. The highest BCUT2D eigenvalue weighted by molar-refractivity contribution is 7.99. The van der Waals surface area contributed by atoms with Crippen molar-refractivity contribution in [3.05, 3.63) is 77.7 Å². The van der Waals surface area contributed by atoms with Gasteiger partial charge in [-0.05, 0) is 60.7 Å². The van der Waals surface area contributed by atoms with Crippen LogP contribution in [0.15, 0.2) is 81.6 Å². The Hall–Kier alpha value is -3.56. The van der Waals surface area contributed by atoms with Gasteiger partial charge in [-0.25, -0.2) is 5.43 Å². The molecule has 0 saturated heterocycles. The van der Waals surface area contributed by atoms with Gasteiger partial charge in [-0.3, -0.25) is 9.36 Å². The zero-order valence-electron chi connectivity index (χ0n) is 16.9. The first kappa shape index (κ1) is 21.7. The van der Waals surface area contributed by atoms with E-state index in [9.17, 15) is 4.79 Å². The third-order valence-electron chi connectivity index (χ3n) is 4.32. The van der Waals surface area contributed by atoms with Gasteiger partial charge in [0.2, 0.25) is 0 Å². The quantitative estimate of drug-likeness (QED) is 0.234. The highest BCUT2D eigenvalue weighted by Crippen LogP contribution is 2.29. The second kappa shape index (κ2) is 10.2. The van der Waals surface area contributed by atoms with Crippen molar-refractivity contribution in [1.82, 2.24) is 20.2 Å². The summed E-state index contributed by atoms with van der Waals surface area (Å²) in [6, 6.07) is 18.3. The first-order valence-electron chi connectivity index (χ1n) is 9.48. The van der Waals surface area contributed by atoms with Crippen LogP contribution in [0, 0.1) is 0 Å². The van der Waals surface area contributed by atoms with Crippen molar-refractivity contribution in [1.29, 1.82) is 0 Å². The number of ether oxygens (including phenoxy) is 1. The van der Waals surface area contributed by atoms with Crippen LogP contribution >= 0.6 is 23.4 Å². The molecule has 4 rings (SSSR count). The Morgan fingerprint density at radius 3 is 2.66 bits per heavy atom. The van der Waals surface area contributed by atoms with Crippen molar-refractivity contribution in [3.8, 4) is 22.8 Å². The van der Waals surface area contributed by atoms with Crippen molar-refractivity contribution in [2.45, 2.75) is 5.16 Å². The van der Waals surface area contributed by atoms with Crippen LogP contribution in [-0.2, 0) is 4.79 Å². The van der Waals surface area contributed by atoms with E-state index < -0.39 is 0 Å². The van der Waals surface area contributed by atoms with Gasteiger partial charge in [0.25, 0.3) is 5.91 Å². The van der Waals surface area contributed by atoms with Crippen molar-refractivity contribution >= 4 is 35.5 Å². The van der Waals surface area contributed by atoms with Crippen molar-refractivity contribution in [3.63, 3.8) is 0 Å². The average molecular weight is 468 g/mol. The van der Waals surface area contributed by atoms with E-state index in [1.807, 2.05) is 41.0 Å². The van der Waals surface area contributed by atoms with E-state index in [4.69, 9.17) is 20.8 Å². The number of amides is 1. The number of rotatable bonds is 8. The molecule has 0 aliphatic rings. The minimum Gasteiger partial charge on any atom is -0.497 e. The van der Waals surface area contributed by atoms with Gasteiger partial charge in [-0.2, -0.15) is 5.10 Å². The summed E-state index contributed by atoms with van der Waals surface area (Å²) in [5, 5.41) is 13.7. The lowest BCUT2D eigenvalue weighted by atomic mass is 10.2. The zero-order chi connectivity index (χ0) is 22.3. The molecule has 4 aromatic rings. The van der Waals surface area contributed by atoms with Gasteiger partial charge in [-0.15, -0.1) is 10.2 Å². The number of furan rings is 1. The number of methoxy groups -OCH3 is 1. The Kier molecular flexibility index (Phi) is 6.88. The predicted molar refractivity (Wildman–Crippen MR) is 124 cm³/mol. The molecule has 1 N–H and O–H groups in total. The molecule has 162 valence electrons. The van der Waals surface area contributed by atoms with E-state index in [-0.39, 0.29) is 11.7 Å². The molecule has 32 heavy (non-hydrogen) atoms. The maximum absolute atomic E-state index is 12.2. The summed E-state index contributed by atoms with van der Waals surface area (Å²) in [7, 11) is 1.61. The van der Waals surface area contributed by atoms with Crippen LogP contribution in [0.25, 0.3) is 17.1 Å². The van der Waals surface area contributed by atoms with Gasteiger partial charge in [0.15, 0.2) is 11.0 Å². The van der Waals surface area contributed by atoms with Gasteiger partial charge in [0, 0.05) is 16.3 Å². The summed E-state index contributed by atoms with van der Waals surface area (Å²) in [6.45, 7) is 0. The molecule has 1 amide bonds. The minimum atomic E-state index is -0.283. The number of nitrogens with zero attached hydrogens (tertiary/aromatic N) is 4. The van der Waals surface area contributed by atoms with E-state index in [1.165, 1.54) is 24.2 Å². The first-order valence-corrected chi connectivity index (χ1v) is 10.8. The third-order valence-corrected chi connectivity index (χ3v) is 5.50. The molecule has 0 aliphatic heterocycles. The number of carbonyl (C=O) groups is 1. The molecule has 0 atom stereocenters. The van der Waals surface area contributed by atoms with Gasteiger partial charge in [0.1, 0.15) is 11.5 Å². The Balaban J connectivity index is 1.55. The first-order chi connectivity index (χ1) is 15.6. The van der Waals surface area contributed by atoms with Crippen LogP contribution in [0.1, 0.15) is 5.76 Å². The lowest BCUT2D eigenvalue weighted by Gasteiger charge is -2.11. The fraction of sp³-hybridized carbons (Fsp3) is 0.0909. The second-order valence-electron chi connectivity index (χ2n) is 6.44. The number of thioether (sulfide) groups is 1. The van der Waals surface area contributed by atoms with Crippen LogP contribution in [0.3, 0.4) is 0 Å². The number of halogens is 1. The van der Waals surface area contributed by atoms with Crippen LogP contribution in [0.5, 0.6) is 5.75 Å². The van der Waals surface area contributed by atoms with Gasteiger partial charge >= 0.3 is 0 Å². The van der Waals surface area contributed by atoms with Gasteiger partial charge < -0.3 is 9.15 Å². The van der Waals surface area contributed by atoms with Crippen LogP contribution in [-0.4, -0.2) is 39.7 Å². The number of hydrazone groups is 1. The second-order valence-corrected chi connectivity index (χ2v) is 7.82. The van der Waals surface area contributed by atoms with E-state index >= 15 is 0 Å². The summed E-state index contributed by atoms with van der Waals surface area (Å²) in [4.78, 5) is 12.2. The molecule has 0 saturated carbocycles. The molecule has 0 spiro atoms. The summed E-state index contributed by atoms with van der Waals surface area (Å²) in [6.07, 6.45) is 2.96. The summed E-state index contributed by atoms with van der Waals surface area (Å²) < 4.78 is 12.2. The minimum absolute atomic E-state index is 0.101. The SMILES string of the molecule is COc1ccc(-c2nnc(SCC(=O)N/N=C/c3ccco3)n2-c2ccc(Cl)cc2)cc1. The highest BCUT2D eigenvalue weighted by Gasteiger charge is 2.17. The van der Waals surface area contributed by atoms with Crippen LogP contribution in [0.4, 0.5) is 0 Å². The molecule has 8 nitrogen and oxygen atoms in total. The Morgan fingerprint density at radius 1 is 1.19 bits per heavy atom. The smallest absolute Gasteiger partial charge is 0.250 e. The lowest BCUT2D eigenvalue weighted by molar-refractivity contribution is -0.118. The number of nitrogens with one attached hydrogen (secondary N) is 1. The fourth-order valence-electron chi connectivity index (χ4n) is 2.81. The largest absolute Gasteiger partial charge is 0.497 e. The van der Waals surface area contributed by atoms with Gasteiger partial charge in [-0.1, -0.05) is 23.4 Å². The van der Waals surface area contributed by atoms with Gasteiger partial charge in [0.05, 0.1) is 25.3 Å². The van der Waals surface area contributed by atoms with E-state index in [2.05, 4.69) is 20.7 Å². The number of hydrogen-bond acceptors (Lipinski definition) is 7. The summed E-state index contributed by atoms with van der Waals surface area (Å²) >= 11 is 7.31. The fourth-order valence-corrected chi connectivity index (χ4v) is 3.68. The Labute approximate surface area is 193 Å². The Morgan fingerprint density at radius 2 is 1.97 bits per heavy atom. The van der Waals surface area contributed by atoms with Crippen LogP contribution in [0.2, 0.25) is 5.02 Å². The molecule has 10 heteroatoms. The summed E-state index contributed by atoms with van der Waals surface area (Å²) in [5.74, 6) is 1.74. The summed E-state index contributed by atoms with van der Waals surface area (Å²) in [5.41, 5.74) is 4.15. The molecule has 2 aromatic carbocycles. The standard InChI is InChI=1S/C22H18ClN5O3S/c1-30-18-10-4-15(5-11-18)21-26-27-22(28(21)17-8-6-16(23)7-9-17)32-14-20(29)25-24-13-19-3-2-12-31-19/h2-13H,14H2,1H3,(H,25,29)/b24-13+. The maximum Gasteiger partial charge on any atom is 0.250 e. The maximum atomic E-state index is 12.2. The molecule has 0 unspecified atom stereocenters. The van der Waals surface area contributed by atoms with E-state index in [1.54, 1.807) is 31.4 Å². The number of carbonyl (C=O) groups excluding carboxylic acids is 1. The molecule has 0 radical (unpaired) electrons. The normalized spacial score (nSPS) is 11.1. The molecule has 0 bridgehead atoms. The third kappa shape index (κ3) is 5.19. The van der Waals surface area contributed by atoms with Crippen LogP contribution < -0.4 is 10.2 Å². The number of hydrogen-bond donors (Lipinski definition) is 1. The predicted octanol–water partition coefficient (Wildman–Crippen LogP) is 4.43. The highest BCUT2D eigenvalue weighted by atomic mass is 35.5. The van der Waals surface area contributed by atoms with Crippen molar-refractivity contribution in [2.75, 3.05) is 12.9 Å². The molecule has 0 fully saturated rings. The average Bonchev–Trinajstić information content (AvgIpc) is 3.48. The van der Waals surface area contributed by atoms with Crippen molar-refractivity contribution in [2.24, 2.45) is 5.10 Å². The van der Waals surface area contributed by atoms with E-state index in [0.717, 1.165) is 17.0 Å². The molecular weight excluding hydrogens is 450 g/mol.